The van der Waals surface area contributed by atoms with Crippen molar-refractivity contribution in [2.24, 2.45) is 11.7 Å². The third-order valence-corrected chi connectivity index (χ3v) is 5.53. The van der Waals surface area contributed by atoms with Crippen LogP contribution in [0.25, 0.3) is 0 Å². The molecule has 3 rings (SSSR count). The lowest BCUT2D eigenvalue weighted by Gasteiger charge is -2.23. The van der Waals surface area contributed by atoms with Gasteiger partial charge in [-0.25, -0.2) is 4.98 Å². The number of hydrogen-bond acceptors (Lipinski definition) is 3. The Hall–Kier alpha value is -0.410. The summed E-state index contributed by atoms with van der Waals surface area (Å²) in [5.74, 6) is 0.859. The predicted molar refractivity (Wildman–Crippen MR) is 72.3 cm³/mol. The summed E-state index contributed by atoms with van der Waals surface area (Å²) in [5.41, 5.74) is 7.69. The first-order valence-corrected chi connectivity index (χ1v) is 7.88. The maximum atomic E-state index is 6.33. The van der Waals surface area contributed by atoms with Crippen LogP contribution in [0.1, 0.15) is 66.6 Å². The molecule has 0 saturated heterocycles. The summed E-state index contributed by atoms with van der Waals surface area (Å²) in [6, 6.07) is 0.203. The van der Waals surface area contributed by atoms with Crippen molar-refractivity contribution < 1.29 is 0 Å². The van der Waals surface area contributed by atoms with Gasteiger partial charge in [-0.15, -0.1) is 11.3 Å². The standard InChI is InChI=1S/C14H22N2S/c15-11(9-10-5-2-1-3-6-10)14-16-12-7-4-8-13(12)17-14/h10-11H,1-9,15H2. The van der Waals surface area contributed by atoms with Gasteiger partial charge in [0, 0.05) is 4.88 Å². The second-order valence-corrected chi connectivity index (χ2v) is 6.74. The van der Waals surface area contributed by atoms with Crippen LogP contribution in [-0.4, -0.2) is 4.98 Å². The van der Waals surface area contributed by atoms with Gasteiger partial charge in [-0.05, 0) is 31.6 Å². The molecule has 0 amide bonds. The van der Waals surface area contributed by atoms with Crippen LogP contribution in [0.3, 0.4) is 0 Å². The van der Waals surface area contributed by atoms with E-state index in [0.29, 0.717) is 0 Å². The summed E-state index contributed by atoms with van der Waals surface area (Å²) in [6.07, 6.45) is 11.9. The van der Waals surface area contributed by atoms with Gasteiger partial charge < -0.3 is 5.73 Å². The molecule has 1 fully saturated rings. The zero-order chi connectivity index (χ0) is 11.7. The van der Waals surface area contributed by atoms with Gasteiger partial charge >= 0.3 is 0 Å². The maximum Gasteiger partial charge on any atom is 0.110 e. The number of rotatable bonds is 3. The Morgan fingerprint density at radius 1 is 1.18 bits per heavy atom. The fourth-order valence-electron chi connectivity index (χ4n) is 3.25. The number of hydrogen-bond donors (Lipinski definition) is 1. The van der Waals surface area contributed by atoms with Crippen molar-refractivity contribution in [2.45, 2.75) is 63.8 Å². The molecule has 2 aliphatic carbocycles. The van der Waals surface area contributed by atoms with Crippen molar-refractivity contribution in [3.05, 3.63) is 15.6 Å². The molecule has 2 N–H and O–H groups in total. The van der Waals surface area contributed by atoms with E-state index >= 15 is 0 Å². The molecule has 94 valence electrons. The van der Waals surface area contributed by atoms with Crippen LogP contribution in [0.4, 0.5) is 0 Å². The number of aryl methyl sites for hydroxylation is 2. The van der Waals surface area contributed by atoms with E-state index in [0.717, 1.165) is 12.3 Å². The lowest BCUT2D eigenvalue weighted by molar-refractivity contribution is 0.319. The van der Waals surface area contributed by atoms with E-state index in [4.69, 9.17) is 10.7 Å². The van der Waals surface area contributed by atoms with E-state index in [1.54, 1.807) is 0 Å². The maximum absolute atomic E-state index is 6.33. The molecular formula is C14H22N2S. The fraction of sp³-hybridized carbons (Fsp3) is 0.786. The Balaban J connectivity index is 1.62. The van der Waals surface area contributed by atoms with Crippen molar-refractivity contribution in [1.82, 2.24) is 4.98 Å². The van der Waals surface area contributed by atoms with E-state index in [1.165, 1.54) is 66.9 Å². The Labute approximate surface area is 108 Å². The fourth-order valence-corrected chi connectivity index (χ4v) is 4.42. The molecule has 17 heavy (non-hydrogen) atoms. The van der Waals surface area contributed by atoms with Gasteiger partial charge in [0.25, 0.3) is 0 Å². The molecule has 0 bridgehead atoms. The molecule has 1 aromatic rings. The first kappa shape index (κ1) is 11.7. The summed E-state index contributed by atoms with van der Waals surface area (Å²) >= 11 is 1.88. The molecule has 0 radical (unpaired) electrons. The zero-order valence-electron chi connectivity index (χ0n) is 10.5. The number of aromatic nitrogens is 1. The summed E-state index contributed by atoms with van der Waals surface area (Å²) in [5, 5.41) is 1.21. The minimum absolute atomic E-state index is 0.203. The topological polar surface area (TPSA) is 38.9 Å². The van der Waals surface area contributed by atoms with Crippen molar-refractivity contribution in [3.8, 4) is 0 Å². The summed E-state index contributed by atoms with van der Waals surface area (Å²) in [6.45, 7) is 0. The Bertz CT molecular complexity index is 358. The van der Waals surface area contributed by atoms with Crippen molar-refractivity contribution in [3.63, 3.8) is 0 Å². The van der Waals surface area contributed by atoms with E-state index in [-0.39, 0.29) is 6.04 Å². The van der Waals surface area contributed by atoms with Crippen LogP contribution in [0.15, 0.2) is 0 Å². The first-order chi connectivity index (χ1) is 8.33. The minimum Gasteiger partial charge on any atom is -0.322 e. The largest absolute Gasteiger partial charge is 0.322 e. The summed E-state index contributed by atoms with van der Waals surface area (Å²) < 4.78 is 0. The molecule has 1 heterocycles. The van der Waals surface area contributed by atoms with Gasteiger partial charge in [-0.1, -0.05) is 32.1 Å². The van der Waals surface area contributed by atoms with Crippen molar-refractivity contribution >= 4 is 11.3 Å². The van der Waals surface area contributed by atoms with E-state index in [1.807, 2.05) is 11.3 Å². The Kier molecular flexibility index (Phi) is 3.48. The van der Waals surface area contributed by atoms with Crippen LogP contribution in [0.5, 0.6) is 0 Å². The van der Waals surface area contributed by atoms with E-state index < -0.39 is 0 Å². The van der Waals surface area contributed by atoms with Gasteiger partial charge in [0.2, 0.25) is 0 Å². The minimum atomic E-state index is 0.203. The molecule has 0 spiro atoms. The number of nitrogens with two attached hydrogens (primary N) is 1. The lowest BCUT2D eigenvalue weighted by Crippen LogP contribution is -2.17. The highest BCUT2D eigenvalue weighted by atomic mass is 32.1. The molecule has 3 heteroatoms. The van der Waals surface area contributed by atoms with Gasteiger partial charge in [-0.3, -0.25) is 0 Å². The zero-order valence-corrected chi connectivity index (χ0v) is 11.3. The highest BCUT2D eigenvalue weighted by molar-refractivity contribution is 7.11. The smallest absolute Gasteiger partial charge is 0.110 e. The van der Waals surface area contributed by atoms with Crippen LogP contribution in [-0.2, 0) is 12.8 Å². The highest BCUT2D eigenvalue weighted by Crippen LogP contribution is 2.35. The monoisotopic (exact) mass is 250 g/mol. The van der Waals surface area contributed by atoms with E-state index in [9.17, 15) is 0 Å². The highest BCUT2D eigenvalue weighted by Gasteiger charge is 2.23. The number of thiazole rings is 1. The van der Waals surface area contributed by atoms with Gasteiger partial charge in [0.15, 0.2) is 0 Å². The third-order valence-electron chi connectivity index (χ3n) is 4.24. The number of fused-ring (bicyclic) bond motifs is 1. The second kappa shape index (κ2) is 5.07. The van der Waals surface area contributed by atoms with Gasteiger partial charge in [-0.2, -0.15) is 0 Å². The molecule has 0 aromatic carbocycles. The summed E-state index contributed by atoms with van der Waals surface area (Å²) in [7, 11) is 0. The molecular weight excluding hydrogens is 228 g/mol. The molecule has 2 aliphatic rings. The molecule has 0 aliphatic heterocycles. The van der Waals surface area contributed by atoms with Crippen molar-refractivity contribution in [1.29, 1.82) is 0 Å². The van der Waals surface area contributed by atoms with E-state index in [2.05, 4.69) is 0 Å². The van der Waals surface area contributed by atoms with Crippen LogP contribution in [0, 0.1) is 5.92 Å². The van der Waals surface area contributed by atoms with Gasteiger partial charge in [0.05, 0.1) is 11.7 Å². The quantitative estimate of drug-likeness (QED) is 0.890. The Morgan fingerprint density at radius 2 is 2.00 bits per heavy atom. The molecule has 1 saturated carbocycles. The van der Waals surface area contributed by atoms with Gasteiger partial charge in [0.1, 0.15) is 5.01 Å². The van der Waals surface area contributed by atoms with Crippen molar-refractivity contribution in [2.75, 3.05) is 0 Å². The average molecular weight is 250 g/mol. The average Bonchev–Trinajstić information content (AvgIpc) is 2.90. The SMILES string of the molecule is NC(CC1CCCCC1)c1nc2c(s1)CCC2. The molecule has 1 aromatic heterocycles. The molecule has 1 unspecified atom stereocenters. The second-order valence-electron chi connectivity index (χ2n) is 5.62. The third kappa shape index (κ3) is 2.55. The molecule has 2 nitrogen and oxygen atoms in total. The lowest BCUT2D eigenvalue weighted by atomic mass is 9.85. The van der Waals surface area contributed by atoms with Crippen LogP contribution < -0.4 is 5.73 Å². The predicted octanol–water partition coefficient (Wildman–Crippen LogP) is 3.60. The Morgan fingerprint density at radius 3 is 2.76 bits per heavy atom. The molecule has 1 atom stereocenters. The number of nitrogens with zero attached hydrogens (tertiary/aromatic N) is 1. The van der Waals surface area contributed by atoms with Crippen LogP contribution in [0.2, 0.25) is 0 Å². The normalized spacial score (nSPS) is 22.6. The summed E-state index contributed by atoms with van der Waals surface area (Å²) in [4.78, 5) is 6.26. The first-order valence-electron chi connectivity index (χ1n) is 7.07. The van der Waals surface area contributed by atoms with Crippen LogP contribution >= 0.6 is 11.3 Å².